The average molecular weight is 298 g/mol. The zero-order valence-electron chi connectivity index (χ0n) is 11.6. The molecule has 5 heteroatoms. The van der Waals surface area contributed by atoms with Crippen molar-refractivity contribution in [3.8, 4) is 0 Å². The summed E-state index contributed by atoms with van der Waals surface area (Å²) in [6.45, 7) is 3.95. The Balaban J connectivity index is 1.81. The molecule has 0 spiro atoms. The largest absolute Gasteiger partial charge is 0.352 e. The smallest absolute Gasteiger partial charge is 0.233 e. The zero-order valence-corrected chi connectivity index (χ0v) is 13.3. The molecular weight excluding hydrogens is 276 g/mol. The normalized spacial score (nSPS) is 18.8. The number of carbonyl (C=O) groups is 1. The summed E-state index contributed by atoms with van der Waals surface area (Å²) in [4.78, 5) is 16.6. The monoisotopic (exact) mass is 298 g/mol. The van der Waals surface area contributed by atoms with Gasteiger partial charge in [-0.3, -0.25) is 4.79 Å². The maximum absolute atomic E-state index is 12.2. The highest BCUT2D eigenvalue weighted by Crippen LogP contribution is 2.27. The minimum atomic E-state index is -0.0613. The lowest BCUT2D eigenvalue weighted by Crippen LogP contribution is -2.39. The van der Waals surface area contributed by atoms with Gasteiger partial charge >= 0.3 is 0 Å². The molecule has 1 aliphatic carbocycles. The Labute approximate surface area is 123 Å². The van der Waals surface area contributed by atoms with Gasteiger partial charge in [0.05, 0.1) is 5.25 Å². The molecule has 1 amide bonds. The van der Waals surface area contributed by atoms with Crippen LogP contribution in [0.2, 0.25) is 0 Å². The fourth-order valence-electron chi connectivity index (χ4n) is 2.33. The van der Waals surface area contributed by atoms with Crippen LogP contribution in [0.1, 0.15) is 51.1 Å². The van der Waals surface area contributed by atoms with Crippen molar-refractivity contribution < 1.29 is 4.79 Å². The number of aromatic nitrogens is 1. The standard InChI is InChI=1S/C14H22N2OS2/c1-10-9-18-14(15-10)19-11(2)13(17)16-12-7-5-3-4-6-8-12/h9,11-12H,3-8H2,1-2H3,(H,16,17)/t11-/m0/s1. The molecule has 19 heavy (non-hydrogen) atoms. The Morgan fingerprint density at radius 1 is 1.42 bits per heavy atom. The van der Waals surface area contributed by atoms with Gasteiger partial charge in [-0.25, -0.2) is 4.98 Å². The molecule has 0 unspecified atom stereocenters. The predicted octanol–water partition coefficient (Wildman–Crippen LogP) is 3.77. The molecule has 0 saturated heterocycles. The molecule has 0 aromatic carbocycles. The van der Waals surface area contributed by atoms with Crippen LogP contribution in [0.15, 0.2) is 9.72 Å². The van der Waals surface area contributed by atoms with Crippen LogP contribution in [-0.2, 0) is 4.79 Å². The number of nitrogens with one attached hydrogen (secondary N) is 1. The number of amides is 1. The van der Waals surface area contributed by atoms with Gasteiger partial charge in [-0.1, -0.05) is 37.4 Å². The minimum absolute atomic E-state index is 0.0613. The van der Waals surface area contributed by atoms with Gasteiger partial charge in [-0.05, 0) is 26.7 Å². The highest BCUT2D eigenvalue weighted by Gasteiger charge is 2.20. The third-order valence-corrected chi connectivity index (χ3v) is 5.64. The second kappa shape index (κ2) is 7.29. The average Bonchev–Trinajstić information content (AvgIpc) is 2.64. The van der Waals surface area contributed by atoms with E-state index in [0.29, 0.717) is 6.04 Å². The molecule has 1 aromatic rings. The van der Waals surface area contributed by atoms with E-state index in [1.54, 1.807) is 23.1 Å². The molecule has 1 atom stereocenters. The Morgan fingerprint density at radius 3 is 2.68 bits per heavy atom. The van der Waals surface area contributed by atoms with Crippen LogP contribution in [0.3, 0.4) is 0 Å². The third-order valence-electron chi connectivity index (χ3n) is 3.45. The maximum atomic E-state index is 12.2. The van der Waals surface area contributed by atoms with E-state index in [1.807, 2.05) is 19.2 Å². The van der Waals surface area contributed by atoms with Crippen molar-refractivity contribution in [2.45, 2.75) is 68.0 Å². The van der Waals surface area contributed by atoms with Crippen molar-refractivity contribution in [1.29, 1.82) is 0 Å². The molecule has 1 N–H and O–H groups in total. The summed E-state index contributed by atoms with van der Waals surface area (Å²) in [5.41, 5.74) is 1.03. The number of rotatable bonds is 4. The van der Waals surface area contributed by atoms with Gasteiger partial charge < -0.3 is 5.32 Å². The van der Waals surface area contributed by atoms with Crippen molar-refractivity contribution in [2.75, 3.05) is 0 Å². The first kappa shape index (κ1) is 14.9. The molecule has 106 valence electrons. The Kier molecular flexibility index (Phi) is 5.70. The first-order chi connectivity index (χ1) is 9.15. The van der Waals surface area contributed by atoms with Gasteiger partial charge in [0.15, 0.2) is 4.34 Å². The molecule has 3 nitrogen and oxygen atoms in total. The summed E-state index contributed by atoms with van der Waals surface area (Å²) < 4.78 is 0.987. The molecule has 1 heterocycles. The van der Waals surface area contributed by atoms with Gasteiger partial charge in [0.1, 0.15) is 0 Å². The molecule has 2 rings (SSSR count). The SMILES string of the molecule is Cc1csc(S[C@@H](C)C(=O)NC2CCCCCC2)n1. The quantitative estimate of drug-likeness (QED) is 0.679. The van der Waals surface area contributed by atoms with Gasteiger partial charge in [-0.2, -0.15) is 0 Å². The first-order valence-corrected chi connectivity index (χ1v) is 8.80. The van der Waals surface area contributed by atoms with Crippen LogP contribution >= 0.6 is 23.1 Å². The molecule has 0 radical (unpaired) electrons. The fourth-order valence-corrected chi connectivity index (χ4v) is 4.33. The highest BCUT2D eigenvalue weighted by atomic mass is 32.2. The van der Waals surface area contributed by atoms with Crippen LogP contribution in [0.25, 0.3) is 0 Å². The second-order valence-corrected chi connectivity index (χ2v) is 7.66. The van der Waals surface area contributed by atoms with Crippen LogP contribution in [0, 0.1) is 6.92 Å². The van der Waals surface area contributed by atoms with Gasteiger partial charge in [0, 0.05) is 17.1 Å². The number of thioether (sulfide) groups is 1. The van der Waals surface area contributed by atoms with E-state index in [2.05, 4.69) is 10.3 Å². The zero-order chi connectivity index (χ0) is 13.7. The molecule has 0 aliphatic heterocycles. The molecular formula is C14H22N2OS2. The van der Waals surface area contributed by atoms with E-state index >= 15 is 0 Å². The van der Waals surface area contributed by atoms with Gasteiger partial charge in [0.2, 0.25) is 5.91 Å². The van der Waals surface area contributed by atoms with Gasteiger partial charge in [-0.15, -0.1) is 11.3 Å². The predicted molar refractivity (Wildman–Crippen MR) is 81.8 cm³/mol. The number of hydrogen-bond donors (Lipinski definition) is 1. The number of nitrogens with zero attached hydrogens (tertiary/aromatic N) is 1. The molecule has 1 aromatic heterocycles. The van der Waals surface area contributed by atoms with Crippen LogP contribution in [0.4, 0.5) is 0 Å². The van der Waals surface area contributed by atoms with Crippen molar-refractivity contribution in [3.63, 3.8) is 0 Å². The Morgan fingerprint density at radius 2 is 2.11 bits per heavy atom. The van der Waals surface area contributed by atoms with E-state index in [4.69, 9.17) is 0 Å². The minimum Gasteiger partial charge on any atom is -0.352 e. The molecule has 1 aliphatic rings. The Hall–Kier alpha value is -0.550. The summed E-state index contributed by atoms with van der Waals surface area (Å²) in [5, 5.41) is 5.17. The lowest BCUT2D eigenvalue weighted by atomic mass is 10.1. The summed E-state index contributed by atoms with van der Waals surface area (Å²) >= 11 is 3.18. The number of thiazole rings is 1. The number of carbonyl (C=O) groups excluding carboxylic acids is 1. The molecule has 1 fully saturated rings. The maximum Gasteiger partial charge on any atom is 0.233 e. The summed E-state index contributed by atoms with van der Waals surface area (Å²) in [7, 11) is 0. The summed E-state index contributed by atoms with van der Waals surface area (Å²) in [6.07, 6.45) is 7.40. The number of hydrogen-bond acceptors (Lipinski definition) is 4. The van der Waals surface area contributed by atoms with Crippen LogP contribution in [-0.4, -0.2) is 22.2 Å². The van der Waals surface area contributed by atoms with Crippen molar-refractivity contribution in [2.24, 2.45) is 0 Å². The van der Waals surface area contributed by atoms with Crippen LogP contribution in [0.5, 0.6) is 0 Å². The van der Waals surface area contributed by atoms with Gasteiger partial charge in [0.25, 0.3) is 0 Å². The van der Waals surface area contributed by atoms with Crippen molar-refractivity contribution in [3.05, 3.63) is 11.1 Å². The van der Waals surface area contributed by atoms with E-state index in [0.717, 1.165) is 22.9 Å². The lowest BCUT2D eigenvalue weighted by molar-refractivity contribution is -0.121. The van der Waals surface area contributed by atoms with Crippen molar-refractivity contribution in [1.82, 2.24) is 10.3 Å². The summed E-state index contributed by atoms with van der Waals surface area (Å²) in [5.74, 6) is 0.157. The van der Waals surface area contributed by atoms with Crippen molar-refractivity contribution >= 4 is 29.0 Å². The topological polar surface area (TPSA) is 42.0 Å². The lowest BCUT2D eigenvalue weighted by Gasteiger charge is -2.18. The highest BCUT2D eigenvalue weighted by molar-refractivity contribution is 8.02. The van der Waals surface area contributed by atoms with E-state index in [9.17, 15) is 4.79 Å². The third kappa shape index (κ3) is 4.80. The summed E-state index contributed by atoms with van der Waals surface area (Å²) in [6, 6.07) is 0.385. The van der Waals surface area contributed by atoms with E-state index in [1.165, 1.54) is 25.7 Å². The van der Waals surface area contributed by atoms with E-state index < -0.39 is 0 Å². The molecule has 1 saturated carbocycles. The van der Waals surface area contributed by atoms with Crippen LogP contribution < -0.4 is 5.32 Å². The fraction of sp³-hybridized carbons (Fsp3) is 0.714. The molecule has 0 bridgehead atoms. The number of aryl methyl sites for hydroxylation is 1. The second-order valence-electron chi connectivity index (χ2n) is 5.21. The van der Waals surface area contributed by atoms with E-state index in [-0.39, 0.29) is 11.2 Å². The first-order valence-electron chi connectivity index (χ1n) is 7.04. The Bertz CT molecular complexity index is 411.